The second-order valence-corrected chi connectivity index (χ2v) is 6.65. The van der Waals surface area contributed by atoms with Gasteiger partial charge in [-0.25, -0.2) is 4.68 Å². The van der Waals surface area contributed by atoms with E-state index in [2.05, 4.69) is 5.10 Å². The molecule has 5 nitrogen and oxygen atoms in total. The molecule has 3 rings (SSSR count). The molecule has 1 fully saturated rings. The molecule has 24 heavy (non-hydrogen) atoms. The van der Waals surface area contributed by atoms with E-state index in [4.69, 9.17) is 16.3 Å². The summed E-state index contributed by atoms with van der Waals surface area (Å²) in [7, 11) is 0. The molecule has 2 atom stereocenters. The molecule has 1 aromatic heterocycles. The predicted molar refractivity (Wildman–Crippen MR) is 93.9 cm³/mol. The van der Waals surface area contributed by atoms with Gasteiger partial charge in [0.1, 0.15) is 0 Å². The monoisotopic (exact) mass is 347 g/mol. The van der Waals surface area contributed by atoms with Gasteiger partial charge in [-0.2, -0.15) is 5.10 Å². The minimum absolute atomic E-state index is 0.0159. The molecule has 0 unspecified atom stereocenters. The maximum absolute atomic E-state index is 13.0. The Bertz CT molecular complexity index is 734. The molecule has 128 valence electrons. The number of morpholine rings is 1. The van der Waals surface area contributed by atoms with Gasteiger partial charge in [0.05, 0.1) is 35.3 Å². The van der Waals surface area contributed by atoms with E-state index in [9.17, 15) is 4.79 Å². The highest BCUT2D eigenvalue weighted by Gasteiger charge is 2.29. The number of ether oxygens (including phenoxy) is 1. The third-order valence-corrected chi connectivity index (χ3v) is 4.43. The van der Waals surface area contributed by atoms with Crippen LogP contribution in [-0.4, -0.2) is 45.9 Å². The van der Waals surface area contributed by atoms with E-state index in [-0.39, 0.29) is 18.1 Å². The lowest BCUT2D eigenvalue weighted by molar-refractivity contribution is -0.0586. The molecular formula is C18H22ClN3O2. The van der Waals surface area contributed by atoms with Crippen LogP contribution in [0.2, 0.25) is 5.02 Å². The summed E-state index contributed by atoms with van der Waals surface area (Å²) in [6.45, 7) is 7.22. The summed E-state index contributed by atoms with van der Waals surface area (Å²) in [6.07, 6.45) is 2.46. The summed E-state index contributed by atoms with van der Waals surface area (Å²) in [4.78, 5) is 14.8. The predicted octanol–water partition coefficient (Wildman–Crippen LogP) is 3.34. The van der Waals surface area contributed by atoms with Gasteiger partial charge in [-0.3, -0.25) is 4.79 Å². The number of halogens is 1. The van der Waals surface area contributed by atoms with E-state index in [0.717, 1.165) is 11.4 Å². The normalized spacial score (nSPS) is 21.1. The molecule has 2 heterocycles. The van der Waals surface area contributed by atoms with Crippen molar-refractivity contribution in [2.24, 2.45) is 0 Å². The van der Waals surface area contributed by atoms with Crippen LogP contribution in [0.1, 0.15) is 36.8 Å². The molecule has 1 aliphatic heterocycles. The molecular weight excluding hydrogens is 326 g/mol. The van der Waals surface area contributed by atoms with Crippen molar-refractivity contribution in [3.63, 3.8) is 0 Å². The quantitative estimate of drug-likeness (QED) is 0.855. The second kappa shape index (κ2) is 6.95. The van der Waals surface area contributed by atoms with Crippen LogP contribution in [0.5, 0.6) is 0 Å². The Labute approximate surface area is 147 Å². The van der Waals surface area contributed by atoms with Gasteiger partial charge < -0.3 is 9.64 Å². The molecule has 0 bridgehead atoms. The van der Waals surface area contributed by atoms with Crippen LogP contribution in [0.4, 0.5) is 0 Å². The fourth-order valence-electron chi connectivity index (χ4n) is 3.24. The molecule has 0 aliphatic carbocycles. The lowest BCUT2D eigenvalue weighted by atomic mass is 10.1. The van der Waals surface area contributed by atoms with Gasteiger partial charge in [0.15, 0.2) is 0 Å². The third-order valence-electron chi connectivity index (χ3n) is 4.19. The number of carbonyl (C=O) groups excluding carboxylic acids is 1. The highest BCUT2D eigenvalue weighted by atomic mass is 35.5. The highest BCUT2D eigenvalue weighted by Crippen LogP contribution is 2.21. The van der Waals surface area contributed by atoms with Gasteiger partial charge in [0.2, 0.25) is 0 Å². The fraction of sp³-hybridized carbons (Fsp3) is 0.444. The first-order valence-corrected chi connectivity index (χ1v) is 8.65. The average molecular weight is 348 g/mol. The number of hydrogen-bond donors (Lipinski definition) is 0. The number of carbonyl (C=O) groups is 1. The molecule has 1 aliphatic rings. The molecule has 1 saturated heterocycles. The number of benzene rings is 1. The van der Waals surface area contributed by atoms with Crippen molar-refractivity contribution in [2.45, 2.75) is 39.4 Å². The largest absolute Gasteiger partial charge is 0.372 e. The Morgan fingerprint density at radius 1 is 1.33 bits per heavy atom. The average Bonchev–Trinajstić information content (AvgIpc) is 2.97. The molecule has 1 amide bonds. The molecule has 2 aromatic rings. The van der Waals surface area contributed by atoms with E-state index in [0.29, 0.717) is 30.1 Å². The van der Waals surface area contributed by atoms with Crippen LogP contribution >= 0.6 is 11.6 Å². The van der Waals surface area contributed by atoms with Crippen molar-refractivity contribution in [1.82, 2.24) is 14.7 Å². The van der Waals surface area contributed by atoms with Crippen molar-refractivity contribution in [2.75, 3.05) is 13.1 Å². The Morgan fingerprint density at radius 2 is 2.04 bits per heavy atom. The Morgan fingerprint density at radius 3 is 2.67 bits per heavy atom. The van der Waals surface area contributed by atoms with E-state index in [1.54, 1.807) is 10.9 Å². The zero-order valence-electron chi connectivity index (χ0n) is 14.2. The summed E-state index contributed by atoms with van der Waals surface area (Å²) in [5.41, 5.74) is 2.41. The summed E-state index contributed by atoms with van der Waals surface area (Å²) >= 11 is 6.08. The molecule has 0 N–H and O–H groups in total. The van der Waals surface area contributed by atoms with Crippen molar-refractivity contribution in [3.8, 4) is 5.69 Å². The molecule has 0 saturated carbocycles. The molecule has 1 aromatic carbocycles. The van der Waals surface area contributed by atoms with Gasteiger partial charge in [0.25, 0.3) is 5.91 Å². The lowest BCUT2D eigenvalue weighted by Gasteiger charge is -2.35. The number of aromatic nitrogens is 2. The Balaban J connectivity index is 1.93. The van der Waals surface area contributed by atoms with E-state index in [1.165, 1.54) is 0 Å². The number of hydrogen-bond acceptors (Lipinski definition) is 3. The van der Waals surface area contributed by atoms with Gasteiger partial charge in [-0.05, 0) is 38.5 Å². The van der Waals surface area contributed by atoms with Crippen LogP contribution < -0.4 is 0 Å². The third kappa shape index (κ3) is 3.32. The molecule has 6 heteroatoms. The van der Waals surface area contributed by atoms with Crippen LogP contribution in [0, 0.1) is 0 Å². The lowest BCUT2D eigenvalue weighted by Crippen LogP contribution is -2.48. The Kier molecular flexibility index (Phi) is 4.92. The van der Waals surface area contributed by atoms with Gasteiger partial charge in [0, 0.05) is 18.1 Å². The summed E-state index contributed by atoms with van der Waals surface area (Å²) in [6, 6.07) is 7.49. The topological polar surface area (TPSA) is 47.4 Å². The van der Waals surface area contributed by atoms with Crippen molar-refractivity contribution in [3.05, 3.63) is 46.7 Å². The minimum atomic E-state index is 0.0159. The first-order valence-electron chi connectivity index (χ1n) is 8.27. The number of rotatable bonds is 3. The van der Waals surface area contributed by atoms with E-state index >= 15 is 0 Å². The van der Waals surface area contributed by atoms with E-state index in [1.807, 2.05) is 49.9 Å². The highest BCUT2D eigenvalue weighted by molar-refractivity contribution is 6.30. The van der Waals surface area contributed by atoms with Gasteiger partial charge >= 0.3 is 0 Å². The van der Waals surface area contributed by atoms with Crippen molar-refractivity contribution < 1.29 is 9.53 Å². The smallest absolute Gasteiger partial charge is 0.257 e. The maximum Gasteiger partial charge on any atom is 0.257 e. The summed E-state index contributed by atoms with van der Waals surface area (Å²) in [5, 5.41) is 5.08. The van der Waals surface area contributed by atoms with Crippen molar-refractivity contribution in [1.29, 1.82) is 0 Å². The standard InChI is InChI=1S/C18H22ClN3O2/c1-4-17-16(18(23)21-10-12(2)24-13(3)11-21)9-20-22(17)15-7-5-6-14(19)8-15/h5-9,12-13H,4,10-11H2,1-3H3/t12-,13-/m1/s1. The van der Waals surface area contributed by atoms with Crippen LogP contribution in [0.3, 0.4) is 0 Å². The molecule has 0 spiro atoms. The first kappa shape index (κ1) is 17.0. The van der Waals surface area contributed by atoms with Gasteiger partial charge in [-0.15, -0.1) is 0 Å². The van der Waals surface area contributed by atoms with Crippen LogP contribution in [0.25, 0.3) is 5.69 Å². The zero-order chi connectivity index (χ0) is 17.3. The summed E-state index contributed by atoms with van der Waals surface area (Å²) < 4.78 is 7.52. The summed E-state index contributed by atoms with van der Waals surface area (Å²) in [5.74, 6) is 0.0159. The van der Waals surface area contributed by atoms with Gasteiger partial charge in [-0.1, -0.05) is 24.6 Å². The Hall–Kier alpha value is -1.85. The first-order chi connectivity index (χ1) is 11.5. The molecule has 0 radical (unpaired) electrons. The minimum Gasteiger partial charge on any atom is -0.372 e. The van der Waals surface area contributed by atoms with Crippen molar-refractivity contribution >= 4 is 17.5 Å². The number of amides is 1. The van der Waals surface area contributed by atoms with E-state index < -0.39 is 0 Å². The number of nitrogens with zero attached hydrogens (tertiary/aromatic N) is 3. The van der Waals surface area contributed by atoms with Crippen LogP contribution in [0.15, 0.2) is 30.5 Å². The second-order valence-electron chi connectivity index (χ2n) is 6.22. The fourth-order valence-corrected chi connectivity index (χ4v) is 3.42. The zero-order valence-corrected chi connectivity index (χ0v) is 15.0. The maximum atomic E-state index is 13.0. The van der Waals surface area contributed by atoms with Crippen LogP contribution in [-0.2, 0) is 11.2 Å². The SMILES string of the molecule is CCc1c(C(=O)N2C[C@@H](C)O[C@H](C)C2)cnn1-c1cccc(Cl)c1.